The van der Waals surface area contributed by atoms with Gasteiger partial charge in [0.2, 0.25) is 0 Å². The van der Waals surface area contributed by atoms with Crippen molar-refractivity contribution in [1.29, 1.82) is 0 Å². The number of rotatable bonds is 3. The molecule has 1 aromatic rings. The van der Waals surface area contributed by atoms with Gasteiger partial charge in [-0.15, -0.1) is 0 Å². The van der Waals surface area contributed by atoms with Gasteiger partial charge in [-0.3, -0.25) is 9.59 Å². The molecule has 2 heterocycles. The van der Waals surface area contributed by atoms with E-state index in [2.05, 4.69) is 0 Å². The van der Waals surface area contributed by atoms with Crippen molar-refractivity contribution in [2.24, 2.45) is 5.41 Å². The second-order valence-electron chi connectivity index (χ2n) is 6.19. The van der Waals surface area contributed by atoms with Gasteiger partial charge in [0.1, 0.15) is 6.10 Å². The van der Waals surface area contributed by atoms with Crippen molar-refractivity contribution in [2.75, 3.05) is 6.54 Å². The van der Waals surface area contributed by atoms with E-state index >= 15 is 0 Å². The summed E-state index contributed by atoms with van der Waals surface area (Å²) >= 11 is 0. The lowest BCUT2D eigenvalue weighted by Gasteiger charge is -2.38. The fourth-order valence-electron chi connectivity index (χ4n) is 2.93. The third-order valence-electron chi connectivity index (χ3n) is 4.07. The zero-order chi connectivity index (χ0) is 15.0. The summed E-state index contributed by atoms with van der Waals surface area (Å²) in [5, 5.41) is 0. The van der Waals surface area contributed by atoms with E-state index in [0.717, 1.165) is 5.56 Å². The SMILES string of the molecule is CC1(C)C=C2C(=O)CCN2C(=O)C1OCc1ccccc1. The number of fused-ring (bicyclic) bond motifs is 1. The van der Waals surface area contributed by atoms with Crippen molar-refractivity contribution in [3.05, 3.63) is 47.7 Å². The molecule has 0 aliphatic carbocycles. The van der Waals surface area contributed by atoms with Crippen LogP contribution in [0.5, 0.6) is 0 Å². The van der Waals surface area contributed by atoms with E-state index in [1.54, 1.807) is 4.90 Å². The number of benzene rings is 1. The molecule has 1 atom stereocenters. The lowest BCUT2D eigenvalue weighted by atomic mass is 9.82. The fraction of sp³-hybridized carbons (Fsp3) is 0.412. The van der Waals surface area contributed by atoms with E-state index < -0.39 is 11.5 Å². The van der Waals surface area contributed by atoms with Crippen LogP contribution < -0.4 is 0 Å². The second kappa shape index (κ2) is 5.11. The van der Waals surface area contributed by atoms with E-state index in [4.69, 9.17) is 4.74 Å². The molecule has 4 heteroatoms. The van der Waals surface area contributed by atoms with Crippen molar-refractivity contribution in [3.8, 4) is 0 Å². The Morgan fingerprint density at radius 2 is 1.95 bits per heavy atom. The molecule has 2 aliphatic heterocycles. The lowest BCUT2D eigenvalue weighted by molar-refractivity contribution is -0.151. The summed E-state index contributed by atoms with van der Waals surface area (Å²) in [5.74, 6) is -0.0442. The average molecular weight is 285 g/mol. The Balaban J connectivity index is 1.81. The molecule has 3 rings (SSSR count). The van der Waals surface area contributed by atoms with Crippen LogP contribution in [0.4, 0.5) is 0 Å². The topological polar surface area (TPSA) is 46.6 Å². The molecule has 21 heavy (non-hydrogen) atoms. The van der Waals surface area contributed by atoms with Crippen LogP contribution in [0.2, 0.25) is 0 Å². The normalized spacial score (nSPS) is 24.0. The van der Waals surface area contributed by atoms with Gasteiger partial charge in [0.15, 0.2) is 5.78 Å². The molecule has 110 valence electrons. The summed E-state index contributed by atoms with van der Waals surface area (Å²) in [6.07, 6.45) is 1.76. The first kappa shape index (κ1) is 14.0. The zero-order valence-corrected chi connectivity index (χ0v) is 12.3. The molecule has 1 fully saturated rings. The lowest BCUT2D eigenvalue weighted by Crippen LogP contribution is -2.49. The molecule has 1 unspecified atom stereocenters. The summed E-state index contributed by atoms with van der Waals surface area (Å²) in [4.78, 5) is 26.0. The van der Waals surface area contributed by atoms with E-state index in [-0.39, 0.29) is 11.7 Å². The maximum atomic E-state index is 12.6. The van der Waals surface area contributed by atoms with Gasteiger partial charge >= 0.3 is 0 Å². The molecule has 0 aromatic heterocycles. The highest BCUT2D eigenvalue weighted by Gasteiger charge is 2.46. The van der Waals surface area contributed by atoms with Gasteiger partial charge in [-0.2, -0.15) is 0 Å². The molecule has 0 spiro atoms. The maximum absolute atomic E-state index is 12.6. The number of carbonyl (C=O) groups excluding carboxylic acids is 2. The van der Waals surface area contributed by atoms with Crippen LogP contribution in [-0.2, 0) is 20.9 Å². The summed E-state index contributed by atoms with van der Waals surface area (Å²) in [6, 6.07) is 9.79. The van der Waals surface area contributed by atoms with Gasteiger partial charge in [-0.05, 0) is 11.6 Å². The quantitative estimate of drug-likeness (QED) is 0.856. The smallest absolute Gasteiger partial charge is 0.257 e. The number of nitrogens with zero attached hydrogens (tertiary/aromatic N) is 1. The van der Waals surface area contributed by atoms with Gasteiger partial charge in [0.25, 0.3) is 5.91 Å². The molecule has 0 N–H and O–H groups in total. The summed E-state index contributed by atoms with van der Waals surface area (Å²) < 4.78 is 5.89. The number of ether oxygens (including phenoxy) is 1. The fourth-order valence-corrected chi connectivity index (χ4v) is 2.93. The Morgan fingerprint density at radius 3 is 2.67 bits per heavy atom. The summed E-state index contributed by atoms with van der Waals surface area (Å²) in [5.41, 5.74) is 1.11. The second-order valence-corrected chi connectivity index (χ2v) is 6.19. The van der Waals surface area contributed by atoms with Crippen molar-refractivity contribution in [2.45, 2.75) is 33.0 Å². The van der Waals surface area contributed by atoms with Crippen LogP contribution in [0.1, 0.15) is 25.8 Å². The van der Waals surface area contributed by atoms with Crippen molar-refractivity contribution < 1.29 is 14.3 Å². The summed E-state index contributed by atoms with van der Waals surface area (Å²) in [6.45, 7) is 4.75. The van der Waals surface area contributed by atoms with Crippen molar-refractivity contribution in [1.82, 2.24) is 4.90 Å². The molecule has 1 saturated heterocycles. The largest absolute Gasteiger partial charge is 0.363 e. The highest BCUT2D eigenvalue weighted by Crippen LogP contribution is 2.37. The zero-order valence-electron chi connectivity index (χ0n) is 12.3. The molecule has 1 aromatic carbocycles. The van der Waals surface area contributed by atoms with Crippen LogP contribution in [-0.4, -0.2) is 29.2 Å². The Morgan fingerprint density at radius 1 is 1.24 bits per heavy atom. The molecular formula is C17H19NO3. The molecular weight excluding hydrogens is 266 g/mol. The van der Waals surface area contributed by atoms with E-state index in [1.165, 1.54) is 0 Å². The van der Waals surface area contributed by atoms with Gasteiger partial charge < -0.3 is 9.64 Å². The maximum Gasteiger partial charge on any atom is 0.257 e. The third-order valence-corrected chi connectivity index (χ3v) is 4.07. The molecule has 4 nitrogen and oxygen atoms in total. The Labute approximate surface area is 124 Å². The predicted molar refractivity (Wildman–Crippen MR) is 78.2 cm³/mol. The monoisotopic (exact) mass is 285 g/mol. The number of allylic oxidation sites excluding steroid dienone is 1. The minimum atomic E-state index is -0.549. The highest BCUT2D eigenvalue weighted by molar-refractivity contribution is 6.04. The molecule has 0 bridgehead atoms. The first-order valence-corrected chi connectivity index (χ1v) is 7.22. The van der Waals surface area contributed by atoms with Crippen LogP contribution in [0.25, 0.3) is 0 Å². The third kappa shape index (κ3) is 2.51. The van der Waals surface area contributed by atoms with Crippen LogP contribution >= 0.6 is 0 Å². The van der Waals surface area contributed by atoms with Gasteiger partial charge in [0.05, 0.1) is 12.3 Å². The first-order chi connectivity index (χ1) is 9.99. The minimum Gasteiger partial charge on any atom is -0.363 e. The first-order valence-electron chi connectivity index (χ1n) is 7.22. The molecule has 0 saturated carbocycles. The predicted octanol–water partition coefficient (Wildman–Crippen LogP) is 2.30. The number of hydrogen-bond donors (Lipinski definition) is 0. The number of hydrogen-bond acceptors (Lipinski definition) is 3. The van der Waals surface area contributed by atoms with Crippen molar-refractivity contribution in [3.63, 3.8) is 0 Å². The average Bonchev–Trinajstić information content (AvgIpc) is 2.80. The Bertz CT molecular complexity index is 604. The minimum absolute atomic E-state index is 0.0536. The number of ketones is 1. The number of carbonyl (C=O) groups is 2. The van der Waals surface area contributed by atoms with Crippen molar-refractivity contribution >= 4 is 11.7 Å². The van der Waals surface area contributed by atoms with E-state index in [1.807, 2.05) is 50.3 Å². The van der Waals surface area contributed by atoms with Gasteiger partial charge in [0, 0.05) is 18.4 Å². The van der Waals surface area contributed by atoms with Gasteiger partial charge in [-0.1, -0.05) is 44.2 Å². The Kier molecular flexibility index (Phi) is 3.41. The number of amides is 1. The van der Waals surface area contributed by atoms with Crippen LogP contribution in [0, 0.1) is 5.41 Å². The van der Waals surface area contributed by atoms with Crippen LogP contribution in [0.15, 0.2) is 42.1 Å². The molecule has 1 amide bonds. The summed E-state index contributed by atoms with van der Waals surface area (Å²) in [7, 11) is 0. The standard InChI is InChI=1S/C17H19NO3/c1-17(2)10-13-14(19)8-9-18(13)16(20)15(17)21-11-12-6-4-3-5-7-12/h3-7,10,15H,8-9,11H2,1-2H3. The van der Waals surface area contributed by atoms with E-state index in [9.17, 15) is 9.59 Å². The Hall–Kier alpha value is -1.94. The number of Topliss-reactive ketones (excluding diaryl/α,β-unsaturated/α-hetero) is 1. The molecule has 0 radical (unpaired) electrons. The molecule has 2 aliphatic rings. The van der Waals surface area contributed by atoms with E-state index in [0.29, 0.717) is 25.3 Å². The highest BCUT2D eigenvalue weighted by atomic mass is 16.5. The van der Waals surface area contributed by atoms with Gasteiger partial charge in [-0.25, -0.2) is 0 Å². The van der Waals surface area contributed by atoms with Crippen LogP contribution in [0.3, 0.4) is 0 Å².